The zero-order valence-corrected chi connectivity index (χ0v) is 11.7. The summed E-state index contributed by atoms with van der Waals surface area (Å²) in [5.74, 6) is 1.74. The van der Waals surface area contributed by atoms with Crippen molar-refractivity contribution in [1.82, 2.24) is 9.97 Å². The first-order chi connectivity index (χ1) is 8.12. The Morgan fingerprint density at radius 1 is 1.65 bits per heavy atom. The standard InChI is InChI=1S/C11H14IN3O2/c1-7-13-9(12)2-10(14-7)15-5-11(6-16)3-8(15)4-17-11/h2,8,16H,3-6H2,1H3/t8-,11-/m0/s1. The molecule has 5 nitrogen and oxygen atoms in total. The number of hydrogen-bond donors (Lipinski definition) is 1. The van der Waals surface area contributed by atoms with Crippen LogP contribution in [0.3, 0.4) is 0 Å². The molecule has 0 radical (unpaired) electrons. The molecule has 2 aliphatic rings. The van der Waals surface area contributed by atoms with Crippen molar-refractivity contribution in [2.75, 3.05) is 24.7 Å². The molecule has 1 aromatic rings. The Kier molecular flexibility index (Phi) is 2.75. The van der Waals surface area contributed by atoms with Gasteiger partial charge < -0.3 is 14.7 Å². The highest BCUT2D eigenvalue weighted by Crippen LogP contribution is 2.39. The highest BCUT2D eigenvalue weighted by molar-refractivity contribution is 14.1. The SMILES string of the molecule is Cc1nc(I)cc(N2C[C@]3(CO)C[C@H]2CO3)n1. The van der Waals surface area contributed by atoms with Gasteiger partial charge in [0.15, 0.2) is 0 Å². The summed E-state index contributed by atoms with van der Waals surface area (Å²) in [4.78, 5) is 11.0. The van der Waals surface area contributed by atoms with Crippen LogP contribution in [-0.2, 0) is 4.74 Å². The number of halogens is 1. The fourth-order valence-corrected chi connectivity index (χ4v) is 3.29. The highest BCUT2D eigenvalue weighted by atomic mass is 127. The molecule has 1 N–H and O–H groups in total. The minimum absolute atomic E-state index is 0.0845. The quantitative estimate of drug-likeness (QED) is 0.632. The van der Waals surface area contributed by atoms with Crippen LogP contribution in [0.2, 0.25) is 0 Å². The van der Waals surface area contributed by atoms with Crippen LogP contribution < -0.4 is 4.90 Å². The van der Waals surface area contributed by atoms with Crippen molar-refractivity contribution in [2.45, 2.75) is 25.0 Å². The molecule has 6 heteroatoms. The van der Waals surface area contributed by atoms with Crippen LogP contribution >= 0.6 is 22.6 Å². The van der Waals surface area contributed by atoms with E-state index in [2.05, 4.69) is 37.5 Å². The Bertz CT molecular complexity index is 436. The maximum Gasteiger partial charge on any atom is 0.133 e. The number of nitrogens with zero attached hydrogens (tertiary/aromatic N) is 3. The van der Waals surface area contributed by atoms with Gasteiger partial charge in [0, 0.05) is 12.5 Å². The van der Waals surface area contributed by atoms with Crippen molar-refractivity contribution in [3.63, 3.8) is 0 Å². The van der Waals surface area contributed by atoms with Gasteiger partial charge in [0.1, 0.15) is 20.9 Å². The summed E-state index contributed by atoms with van der Waals surface area (Å²) in [5, 5.41) is 9.43. The van der Waals surface area contributed by atoms with E-state index in [9.17, 15) is 5.11 Å². The van der Waals surface area contributed by atoms with E-state index in [1.54, 1.807) is 0 Å². The minimum atomic E-state index is -0.366. The van der Waals surface area contributed by atoms with E-state index in [4.69, 9.17) is 4.74 Å². The number of anilines is 1. The van der Waals surface area contributed by atoms with Crippen molar-refractivity contribution >= 4 is 28.4 Å². The monoisotopic (exact) mass is 347 g/mol. The third-order valence-corrected chi connectivity index (χ3v) is 4.02. The summed E-state index contributed by atoms with van der Waals surface area (Å²) in [6.45, 7) is 3.39. The molecule has 0 aromatic carbocycles. The fourth-order valence-electron chi connectivity index (χ4n) is 2.66. The summed E-state index contributed by atoms with van der Waals surface area (Å²) >= 11 is 2.20. The second-order valence-electron chi connectivity index (χ2n) is 4.73. The van der Waals surface area contributed by atoms with Crippen LogP contribution in [-0.4, -0.2) is 46.5 Å². The van der Waals surface area contributed by atoms with Gasteiger partial charge >= 0.3 is 0 Å². The van der Waals surface area contributed by atoms with E-state index in [-0.39, 0.29) is 12.2 Å². The summed E-state index contributed by atoms with van der Waals surface area (Å²) in [5.41, 5.74) is -0.366. The predicted molar refractivity (Wildman–Crippen MR) is 71.0 cm³/mol. The second-order valence-corrected chi connectivity index (χ2v) is 5.84. The van der Waals surface area contributed by atoms with Crippen molar-refractivity contribution in [2.24, 2.45) is 0 Å². The van der Waals surface area contributed by atoms with Crippen molar-refractivity contribution in [3.05, 3.63) is 15.6 Å². The lowest BCUT2D eigenvalue weighted by Gasteiger charge is -2.32. The van der Waals surface area contributed by atoms with E-state index in [1.807, 2.05) is 13.0 Å². The molecule has 92 valence electrons. The van der Waals surface area contributed by atoms with Crippen LogP contribution in [0.15, 0.2) is 6.07 Å². The van der Waals surface area contributed by atoms with Crippen LogP contribution in [0.5, 0.6) is 0 Å². The maximum absolute atomic E-state index is 9.43. The van der Waals surface area contributed by atoms with Gasteiger partial charge in [-0.15, -0.1) is 0 Å². The van der Waals surface area contributed by atoms with Gasteiger partial charge in [0.25, 0.3) is 0 Å². The molecule has 0 saturated carbocycles. The second kappa shape index (κ2) is 4.03. The molecular formula is C11H14IN3O2. The lowest BCUT2D eigenvalue weighted by Crippen LogP contribution is -2.45. The van der Waals surface area contributed by atoms with Crippen LogP contribution in [0.4, 0.5) is 5.82 Å². The number of aliphatic hydroxyl groups is 1. The third-order valence-electron chi connectivity index (χ3n) is 3.46. The fraction of sp³-hybridized carbons (Fsp3) is 0.636. The lowest BCUT2D eigenvalue weighted by atomic mass is 10.1. The maximum atomic E-state index is 9.43. The first-order valence-electron chi connectivity index (χ1n) is 5.64. The molecule has 17 heavy (non-hydrogen) atoms. The smallest absolute Gasteiger partial charge is 0.133 e. The summed E-state index contributed by atoms with van der Waals surface area (Å²) in [6.07, 6.45) is 0.892. The van der Waals surface area contributed by atoms with Crippen LogP contribution in [0, 0.1) is 10.6 Å². The topological polar surface area (TPSA) is 58.5 Å². The number of aryl methyl sites for hydroxylation is 1. The molecule has 2 atom stereocenters. The van der Waals surface area contributed by atoms with Crippen molar-refractivity contribution < 1.29 is 9.84 Å². The first kappa shape index (κ1) is 11.6. The van der Waals surface area contributed by atoms with Gasteiger partial charge in [-0.1, -0.05) is 0 Å². The Hall–Kier alpha value is -0.470. The Balaban J connectivity index is 1.91. The number of aromatic nitrogens is 2. The highest BCUT2D eigenvalue weighted by Gasteiger charge is 2.51. The molecule has 0 amide bonds. The Labute approximate surface area is 113 Å². The molecule has 3 heterocycles. The third kappa shape index (κ3) is 1.92. The molecule has 2 bridgehead atoms. The van der Waals surface area contributed by atoms with Gasteiger partial charge in [-0.05, 0) is 29.5 Å². The Morgan fingerprint density at radius 2 is 2.47 bits per heavy atom. The molecule has 2 fully saturated rings. The number of ether oxygens (including phenoxy) is 1. The van der Waals surface area contributed by atoms with Gasteiger partial charge in [-0.25, -0.2) is 9.97 Å². The van der Waals surface area contributed by atoms with E-state index in [1.165, 1.54) is 0 Å². The van der Waals surface area contributed by atoms with Gasteiger partial charge in [0.05, 0.1) is 25.8 Å². The normalized spacial score (nSPS) is 31.2. The molecule has 2 aliphatic heterocycles. The average molecular weight is 347 g/mol. The summed E-state index contributed by atoms with van der Waals surface area (Å²) in [6, 6.07) is 2.33. The van der Waals surface area contributed by atoms with E-state index in [0.29, 0.717) is 12.6 Å². The van der Waals surface area contributed by atoms with E-state index >= 15 is 0 Å². The predicted octanol–water partition coefficient (Wildman–Crippen LogP) is 0.730. The molecule has 3 rings (SSSR count). The Morgan fingerprint density at radius 3 is 3.12 bits per heavy atom. The number of aliphatic hydroxyl groups excluding tert-OH is 1. The largest absolute Gasteiger partial charge is 0.393 e. The lowest BCUT2D eigenvalue weighted by molar-refractivity contribution is -0.0375. The molecule has 0 aliphatic carbocycles. The van der Waals surface area contributed by atoms with E-state index in [0.717, 1.165) is 28.3 Å². The minimum Gasteiger partial charge on any atom is -0.393 e. The molecule has 2 saturated heterocycles. The van der Waals surface area contributed by atoms with E-state index < -0.39 is 0 Å². The average Bonchev–Trinajstić information content (AvgIpc) is 2.86. The number of rotatable bonds is 2. The van der Waals surface area contributed by atoms with Crippen LogP contribution in [0.1, 0.15) is 12.2 Å². The summed E-state index contributed by atoms with van der Waals surface area (Å²) < 4.78 is 6.61. The van der Waals surface area contributed by atoms with Gasteiger partial charge in [0.2, 0.25) is 0 Å². The first-order valence-corrected chi connectivity index (χ1v) is 6.72. The number of morpholine rings is 1. The molecule has 1 aromatic heterocycles. The number of hydrogen-bond acceptors (Lipinski definition) is 5. The molecule has 0 unspecified atom stereocenters. The zero-order valence-electron chi connectivity index (χ0n) is 9.56. The van der Waals surface area contributed by atoms with Crippen molar-refractivity contribution in [3.8, 4) is 0 Å². The van der Waals surface area contributed by atoms with Gasteiger partial charge in [-0.3, -0.25) is 0 Å². The molecular weight excluding hydrogens is 333 g/mol. The molecule has 0 spiro atoms. The number of fused-ring (bicyclic) bond motifs is 2. The van der Waals surface area contributed by atoms with Gasteiger partial charge in [-0.2, -0.15) is 0 Å². The van der Waals surface area contributed by atoms with Crippen molar-refractivity contribution in [1.29, 1.82) is 0 Å². The summed E-state index contributed by atoms with van der Waals surface area (Å²) in [7, 11) is 0. The van der Waals surface area contributed by atoms with Crippen LogP contribution in [0.25, 0.3) is 0 Å². The zero-order chi connectivity index (χ0) is 12.0.